The van der Waals surface area contributed by atoms with Crippen LogP contribution in [0.5, 0.6) is 0 Å². The van der Waals surface area contributed by atoms with Crippen molar-refractivity contribution in [1.82, 2.24) is 25.4 Å². The molecular formula is C9H13N5O. The van der Waals surface area contributed by atoms with E-state index in [0.717, 1.165) is 26.1 Å². The van der Waals surface area contributed by atoms with Gasteiger partial charge in [0.1, 0.15) is 6.33 Å². The smallest absolute Gasteiger partial charge is 0.291 e. The lowest BCUT2D eigenvalue weighted by Gasteiger charge is -2.21. The first kappa shape index (κ1) is 8.84. The summed E-state index contributed by atoms with van der Waals surface area (Å²) in [5, 5.41) is 9.64. The minimum Gasteiger partial charge on any atom is -0.331 e. The van der Waals surface area contributed by atoms with Crippen molar-refractivity contribution in [3.05, 3.63) is 12.2 Å². The van der Waals surface area contributed by atoms with E-state index >= 15 is 0 Å². The number of H-pyrrole nitrogens is 1. The highest BCUT2D eigenvalue weighted by atomic mass is 16.2. The first-order valence-corrected chi connectivity index (χ1v) is 5.23. The number of fused-ring (bicyclic) bond motifs is 1. The van der Waals surface area contributed by atoms with Crippen molar-refractivity contribution < 1.29 is 4.79 Å². The molecule has 2 atom stereocenters. The van der Waals surface area contributed by atoms with E-state index in [0.29, 0.717) is 17.8 Å². The molecule has 3 heterocycles. The molecule has 6 heteroatoms. The Kier molecular flexibility index (Phi) is 1.95. The molecule has 0 aliphatic carbocycles. The number of aromatic amines is 1. The predicted octanol–water partition coefficient (Wildman–Crippen LogP) is -0.761. The fraction of sp³-hybridized carbons (Fsp3) is 0.667. The Bertz CT molecular complexity index is 363. The molecule has 1 aromatic heterocycles. The Morgan fingerprint density at radius 2 is 2.47 bits per heavy atom. The molecule has 0 aromatic carbocycles. The van der Waals surface area contributed by atoms with Gasteiger partial charge in [0.15, 0.2) is 0 Å². The van der Waals surface area contributed by atoms with E-state index in [-0.39, 0.29) is 5.91 Å². The SMILES string of the molecule is O=C(c1ncn[nH]1)N1CC[C@H]2CNC[C@H]21. The van der Waals surface area contributed by atoms with Crippen molar-refractivity contribution in [3.8, 4) is 0 Å². The Balaban J connectivity index is 1.80. The number of amides is 1. The lowest BCUT2D eigenvalue weighted by atomic mass is 10.1. The van der Waals surface area contributed by atoms with Gasteiger partial charge in [-0.25, -0.2) is 4.98 Å². The zero-order valence-corrected chi connectivity index (χ0v) is 8.31. The molecule has 0 bridgehead atoms. The number of hydrogen-bond acceptors (Lipinski definition) is 4. The molecule has 0 spiro atoms. The van der Waals surface area contributed by atoms with E-state index in [4.69, 9.17) is 0 Å². The highest BCUT2D eigenvalue weighted by Gasteiger charge is 2.40. The van der Waals surface area contributed by atoms with Gasteiger partial charge in [0.05, 0.1) is 0 Å². The minimum absolute atomic E-state index is 0.0244. The second kappa shape index (κ2) is 3.30. The molecule has 80 valence electrons. The maximum Gasteiger partial charge on any atom is 0.291 e. The molecule has 15 heavy (non-hydrogen) atoms. The predicted molar refractivity (Wildman–Crippen MR) is 52.2 cm³/mol. The van der Waals surface area contributed by atoms with Gasteiger partial charge < -0.3 is 10.2 Å². The second-order valence-corrected chi connectivity index (χ2v) is 4.11. The van der Waals surface area contributed by atoms with Crippen LogP contribution in [0.4, 0.5) is 0 Å². The van der Waals surface area contributed by atoms with Crippen LogP contribution in [0.1, 0.15) is 17.0 Å². The van der Waals surface area contributed by atoms with E-state index in [2.05, 4.69) is 20.5 Å². The van der Waals surface area contributed by atoms with Gasteiger partial charge in [0.2, 0.25) is 5.82 Å². The summed E-state index contributed by atoms with van der Waals surface area (Å²) in [6.45, 7) is 2.78. The van der Waals surface area contributed by atoms with E-state index in [1.165, 1.54) is 6.33 Å². The van der Waals surface area contributed by atoms with E-state index in [1.807, 2.05) is 4.90 Å². The summed E-state index contributed by atoms with van der Waals surface area (Å²) < 4.78 is 0. The number of nitrogens with zero attached hydrogens (tertiary/aromatic N) is 3. The molecule has 0 saturated carbocycles. The van der Waals surface area contributed by atoms with Crippen LogP contribution in [0.25, 0.3) is 0 Å². The quantitative estimate of drug-likeness (QED) is 0.634. The molecule has 2 fully saturated rings. The van der Waals surface area contributed by atoms with Crippen LogP contribution in [0.2, 0.25) is 0 Å². The van der Waals surface area contributed by atoms with Crippen LogP contribution in [-0.2, 0) is 0 Å². The fourth-order valence-corrected chi connectivity index (χ4v) is 2.55. The summed E-state index contributed by atoms with van der Waals surface area (Å²) in [6.07, 6.45) is 2.46. The molecule has 2 aliphatic rings. The van der Waals surface area contributed by atoms with Crippen molar-refractivity contribution in [3.63, 3.8) is 0 Å². The zero-order valence-electron chi connectivity index (χ0n) is 8.31. The first-order valence-electron chi connectivity index (χ1n) is 5.23. The van der Waals surface area contributed by atoms with Crippen molar-refractivity contribution >= 4 is 5.91 Å². The fourth-order valence-electron chi connectivity index (χ4n) is 2.55. The van der Waals surface area contributed by atoms with E-state index < -0.39 is 0 Å². The summed E-state index contributed by atoms with van der Waals surface area (Å²) >= 11 is 0. The number of carbonyl (C=O) groups is 1. The average molecular weight is 207 g/mol. The number of carbonyl (C=O) groups excluding carboxylic acids is 1. The number of aromatic nitrogens is 3. The standard InChI is InChI=1S/C9H13N5O/c15-9(8-11-5-12-13-8)14-2-1-6-3-10-4-7(6)14/h5-7,10H,1-4H2,(H,11,12,13)/t6-,7+/m0/s1. The highest BCUT2D eigenvalue weighted by Crippen LogP contribution is 2.27. The number of nitrogens with one attached hydrogen (secondary N) is 2. The molecule has 0 radical (unpaired) electrons. The second-order valence-electron chi connectivity index (χ2n) is 4.11. The molecule has 0 unspecified atom stereocenters. The molecule has 2 aliphatic heterocycles. The summed E-state index contributed by atoms with van der Waals surface area (Å²) in [5.74, 6) is 0.947. The molecule has 2 N–H and O–H groups in total. The van der Waals surface area contributed by atoms with Gasteiger partial charge in [0, 0.05) is 25.7 Å². The molecule has 1 aromatic rings. The molecule has 1 amide bonds. The van der Waals surface area contributed by atoms with Crippen LogP contribution >= 0.6 is 0 Å². The highest BCUT2D eigenvalue weighted by molar-refractivity contribution is 5.90. The lowest BCUT2D eigenvalue weighted by molar-refractivity contribution is 0.0725. The Labute approximate surface area is 87.1 Å². The molecule has 6 nitrogen and oxygen atoms in total. The van der Waals surface area contributed by atoms with Crippen LogP contribution in [-0.4, -0.2) is 51.7 Å². The average Bonchev–Trinajstić information content (AvgIpc) is 2.94. The van der Waals surface area contributed by atoms with Gasteiger partial charge in [-0.3, -0.25) is 9.89 Å². The monoisotopic (exact) mass is 207 g/mol. The normalized spacial score (nSPS) is 29.5. The van der Waals surface area contributed by atoms with Crippen molar-refractivity contribution in [2.75, 3.05) is 19.6 Å². The van der Waals surface area contributed by atoms with Crippen molar-refractivity contribution in [1.29, 1.82) is 0 Å². The zero-order chi connectivity index (χ0) is 10.3. The maximum absolute atomic E-state index is 12.0. The third-order valence-electron chi connectivity index (χ3n) is 3.32. The Morgan fingerprint density at radius 3 is 3.27 bits per heavy atom. The van der Waals surface area contributed by atoms with Gasteiger partial charge in [-0.05, 0) is 12.3 Å². The van der Waals surface area contributed by atoms with Gasteiger partial charge in [-0.1, -0.05) is 0 Å². The summed E-state index contributed by atoms with van der Waals surface area (Å²) in [4.78, 5) is 17.8. The number of likely N-dealkylation sites (tertiary alicyclic amines) is 1. The van der Waals surface area contributed by atoms with Gasteiger partial charge in [-0.2, -0.15) is 5.10 Å². The number of hydrogen-bond donors (Lipinski definition) is 2. The first-order chi connectivity index (χ1) is 7.36. The van der Waals surface area contributed by atoms with Crippen LogP contribution < -0.4 is 5.32 Å². The topological polar surface area (TPSA) is 73.9 Å². The van der Waals surface area contributed by atoms with Crippen molar-refractivity contribution in [2.24, 2.45) is 5.92 Å². The Hall–Kier alpha value is -1.43. The summed E-state index contributed by atoms with van der Waals surface area (Å²) in [7, 11) is 0. The third kappa shape index (κ3) is 1.32. The molecular weight excluding hydrogens is 194 g/mol. The van der Waals surface area contributed by atoms with Crippen molar-refractivity contribution in [2.45, 2.75) is 12.5 Å². The molecule has 3 rings (SSSR count). The van der Waals surface area contributed by atoms with E-state index in [9.17, 15) is 4.79 Å². The van der Waals surface area contributed by atoms with Gasteiger partial charge in [0.25, 0.3) is 5.91 Å². The van der Waals surface area contributed by atoms with Crippen LogP contribution in [0, 0.1) is 5.92 Å². The van der Waals surface area contributed by atoms with Crippen LogP contribution in [0.15, 0.2) is 6.33 Å². The Morgan fingerprint density at radius 1 is 1.53 bits per heavy atom. The number of rotatable bonds is 1. The summed E-state index contributed by atoms with van der Waals surface area (Å²) in [6, 6.07) is 0.350. The van der Waals surface area contributed by atoms with Gasteiger partial charge in [-0.15, -0.1) is 0 Å². The van der Waals surface area contributed by atoms with E-state index in [1.54, 1.807) is 0 Å². The van der Waals surface area contributed by atoms with Crippen LogP contribution in [0.3, 0.4) is 0 Å². The van der Waals surface area contributed by atoms with Gasteiger partial charge >= 0.3 is 0 Å². The summed E-state index contributed by atoms with van der Waals surface area (Å²) in [5.41, 5.74) is 0. The minimum atomic E-state index is -0.0244. The largest absolute Gasteiger partial charge is 0.331 e. The maximum atomic E-state index is 12.0. The third-order valence-corrected chi connectivity index (χ3v) is 3.32. The lowest BCUT2D eigenvalue weighted by Crippen LogP contribution is -2.39. The molecule has 2 saturated heterocycles.